The van der Waals surface area contributed by atoms with Gasteiger partial charge in [0.25, 0.3) is 0 Å². The molecule has 0 saturated carbocycles. The molecule has 0 fully saturated rings. The van der Waals surface area contributed by atoms with Crippen molar-refractivity contribution in [2.24, 2.45) is 11.7 Å². The van der Waals surface area contributed by atoms with E-state index in [1.54, 1.807) is 0 Å². The van der Waals surface area contributed by atoms with Crippen LogP contribution >= 0.6 is 0 Å². The number of carbonyl (C=O) groups is 1. The second-order valence-corrected chi connectivity index (χ2v) is 4.68. The van der Waals surface area contributed by atoms with Gasteiger partial charge in [0, 0.05) is 6.54 Å². The number of hydrogen-bond donors (Lipinski definition) is 2. The van der Waals surface area contributed by atoms with Crippen LogP contribution in [-0.2, 0) is 11.3 Å². The van der Waals surface area contributed by atoms with Gasteiger partial charge in [-0.25, -0.2) is 0 Å². The maximum Gasteiger partial charge on any atom is 0.237 e. The predicted octanol–water partition coefficient (Wildman–Crippen LogP) is 1.01. The zero-order valence-electron chi connectivity index (χ0n) is 10.6. The zero-order chi connectivity index (χ0) is 13.1. The Labute approximate surface area is 106 Å². The summed E-state index contributed by atoms with van der Waals surface area (Å²) in [6.07, 6.45) is 0. The highest BCUT2D eigenvalue weighted by Crippen LogP contribution is 2.32. The quantitative estimate of drug-likeness (QED) is 0.836. The molecule has 0 unspecified atom stereocenters. The minimum Gasteiger partial charge on any atom is -0.454 e. The number of hydrogen-bond acceptors (Lipinski definition) is 4. The SMILES string of the molecule is CC(C)[C@@H](N)C(=O)NCc1ccc2c(c1)OCO2. The van der Waals surface area contributed by atoms with Gasteiger partial charge in [0.1, 0.15) is 0 Å². The number of ether oxygens (including phenoxy) is 2. The zero-order valence-corrected chi connectivity index (χ0v) is 10.6. The molecule has 0 bridgehead atoms. The summed E-state index contributed by atoms with van der Waals surface area (Å²) in [7, 11) is 0. The Morgan fingerprint density at radius 2 is 2.11 bits per heavy atom. The van der Waals surface area contributed by atoms with Crippen molar-refractivity contribution in [3.63, 3.8) is 0 Å². The average molecular weight is 250 g/mol. The van der Waals surface area contributed by atoms with E-state index in [0.717, 1.165) is 17.1 Å². The lowest BCUT2D eigenvalue weighted by molar-refractivity contribution is -0.123. The van der Waals surface area contributed by atoms with Crippen LogP contribution in [0.5, 0.6) is 11.5 Å². The second-order valence-electron chi connectivity index (χ2n) is 4.68. The van der Waals surface area contributed by atoms with Crippen molar-refractivity contribution in [2.45, 2.75) is 26.4 Å². The van der Waals surface area contributed by atoms with Gasteiger partial charge in [-0.15, -0.1) is 0 Å². The van der Waals surface area contributed by atoms with Gasteiger partial charge in [0.15, 0.2) is 11.5 Å². The summed E-state index contributed by atoms with van der Waals surface area (Å²) < 4.78 is 10.5. The first kappa shape index (κ1) is 12.7. The van der Waals surface area contributed by atoms with Crippen LogP contribution in [0.3, 0.4) is 0 Å². The maximum absolute atomic E-state index is 11.7. The Kier molecular flexibility index (Phi) is 3.72. The lowest BCUT2D eigenvalue weighted by Gasteiger charge is -2.15. The summed E-state index contributed by atoms with van der Waals surface area (Å²) in [6.45, 7) is 4.54. The molecule has 0 saturated heterocycles. The van der Waals surface area contributed by atoms with Gasteiger partial charge in [0.2, 0.25) is 12.7 Å². The number of benzene rings is 1. The van der Waals surface area contributed by atoms with Crippen molar-refractivity contribution >= 4 is 5.91 Å². The van der Waals surface area contributed by atoms with E-state index in [1.165, 1.54) is 0 Å². The molecule has 1 aliphatic rings. The molecule has 1 aliphatic heterocycles. The molecule has 98 valence electrons. The lowest BCUT2D eigenvalue weighted by Crippen LogP contribution is -2.43. The van der Waals surface area contributed by atoms with Crippen molar-refractivity contribution in [3.05, 3.63) is 23.8 Å². The van der Waals surface area contributed by atoms with E-state index in [9.17, 15) is 4.79 Å². The summed E-state index contributed by atoms with van der Waals surface area (Å²) in [5.74, 6) is 1.45. The highest BCUT2D eigenvalue weighted by Gasteiger charge is 2.17. The van der Waals surface area contributed by atoms with Gasteiger partial charge in [-0.2, -0.15) is 0 Å². The molecule has 0 aliphatic carbocycles. The van der Waals surface area contributed by atoms with Crippen molar-refractivity contribution < 1.29 is 14.3 Å². The molecule has 18 heavy (non-hydrogen) atoms. The Morgan fingerprint density at radius 1 is 1.39 bits per heavy atom. The predicted molar refractivity (Wildman–Crippen MR) is 67.2 cm³/mol. The summed E-state index contributed by atoms with van der Waals surface area (Å²) in [5.41, 5.74) is 6.72. The molecule has 2 rings (SSSR count). The van der Waals surface area contributed by atoms with Gasteiger partial charge in [-0.3, -0.25) is 4.79 Å². The smallest absolute Gasteiger partial charge is 0.237 e. The summed E-state index contributed by atoms with van der Waals surface area (Å²) in [4.78, 5) is 11.7. The van der Waals surface area contributed by atoms with E-state index in [2.05, 4.69) is 5.32 Å². The van der Waals surface area contributed by atoms with Gasteiger partial charge >= 0.3 is 0 Å². The highest BCUT2D eigenvalue weighted by molar-refractivity contribution is 5.81. The van der Waals surface area contributed by atoms with Gasteiger partial charge in [-0.05, 0) is 23.6 Å². The van der Waals surface area contributed by atoms with E-state index in [1.807, 2.05) is 32.0 Å². The fourth-order valence-electron chi connectivity index (χ4n) is 1.66. The number of nitrogens with one attached hydrogen (secondary N) is 1. The van der Waals surface area contributed by atoms with Crippen molar-refractivity contribution in [3.8, 4) is 11.5 Å². The number of fused-ring (bicyclic) bond motifs is 1. The lowest BCUT2D eigenvalue weighted by atomic mass is 10.0. The van der Waals surface area contributed by atoms with Crippen LogP contribution in [0.15, 0.2) is 18.2 Å². The average Bonchev–Trinajstić information content (AvgIpc) is 2.82. The van der Waals surface area contributed by atoms with Gasteiger partial charge in [-0.1, -0.05) is 19.9 Å². The summed E-state index contributed by atoms with van der Waals surface area (Å²) in [5, 5.41) is 2.81. The first-order valence-electron chi connectivity index (χ1n) is 5.99. The Bertz CT molecular complexity index is 446. The third-order valence-electron chi connectivity index (χ3n) is 2.92. The molecule has 3 N–H and O–H groups in total. The molecule has 5 heteroatoms. The van der Waals surface area contributed by atoms with Gasteiger partial charge in [0.05, 0.1) is 6.04 Å². The van der Waals surface area contributed by atoms with Crippen LogP contribution in [-0.4, -0.2) is 18.7 Å². The first-order chi connectivity index (χ1) is 8.58. The van der Waals surface area contributed by atoms with Crippen molar-refractivity contribution in [1.82, 2.24) is 5.32 Å². The van der Waals surface area contributed by atoms with E-state index in [4.69, 9.17) is 15.2 Å². The molecule has 1 atom stereocenters. The van der Waals surface area contributed by atoms with E-state index in [0.29, 0.717) is 6.54 Å². The van der Waals surface area contributed by atoms with Crippen LogP contribution in [0, 0.1) is 5.92 Å². The standard InChI is InChI=1S/C13H18N2O3/c1-8(2)12(14)13(16)15-6-9-3-4-10-11(5-9)18-7-17-10/h3-5,8,12H,6-7,14H2,1-2H3,(H,15,16)/t12-/m1/s1. The topological polar surface area (TPSA) is 73.6 Å². The van der Waals surface area contributed by atoms with Crippen LogP contribution in [0.2, 0.25) is 0 Å². The fraction of sp³-hybridized carbons (Fsp3) is 0.462. The van der Waals surface area contributed by atoms with Crippen molar-refractivity contribution in [2.75, 3.05) is 6.79 Å². The largest absolute Gasteiger partial charge is 0.454 e. The van der Waals surface area contributed by atoms with Crippen LogP contribution in [0.4, 0.5) is 0 Å². The maximum atomic E-state index is 11.7. The molecule has 1 aromatic carbocycles. The van der Waals surface area contributed by atoms with Gasteiger partial charge < -0.3 is 20.5 Å². The third kappa shape index (κ3) is 2.73. The van der Waals surface area contributed by atoms with Crippen molar-refractivity contribution in [1.29, 1.82) is 0 Å². The van der Waals surface area contributed by atoms with Crippen LogP contribution < -0.4 is 20.5 Å². The van der Waals surface area contributed by atoms with E-state index in [-0.39, 0.29) is 18.6 Å². The molecule has 1 amide bonds. The Balaban J connectivity index is 1.93. The molecule has 1 heterocycles. The number of rotatable bonds is 4. The molecular formula is C13H18N2O3. The first-order valence-corrected chi connectivity index (χ1v) is 5.99. The molecule has 0 radical (unpaired) electrons. The van der Waals surface area contributed by atoms with E-state index < -0.39 is 6.04 Å². The number of amides is 1. The Hall–Kier alpha value is -1.75. The normalized spacial score (nSPS) is 14.7. The summed E-state index contributed by atoms with van der Waals surface area (Å²) in [6, 6.07) is 5.13. The fourth-order valence-corrected chi connectivity index (χ4v) is 1.66. The second kappa shape index (κ2) is 5.27. The monoisotopic (exact) mass is 250 g/mol. The third-order valence-corrected chi connectivity index (χ3v) is 2.92. The van der Waals surface area contributed by atoms with E-state index >= 15 is 0 Å². The minimum atomic E-state index is -0.473. The summed E-state index contributed by atoms with van der Waals surface area (Å²) >= 11 is 0. The van der Waals surface area contributed by atoms with Crippen LogP contribution in [0.25, 0.3) is 0 Å². The molecule has 5 nitrogen and oxygen atoms in total. The highest BCUT2D eigenvalue weighted by atomic mass is 16.7. The number of nitrogens with two attached hydrogens (primary N) is 1. The molecular weight excluding hydrogens is 232 g/mol. The molecule has 0 aromatic heterocycles. The molecule has 0 spiro atoms. The van der Waals surface area contributed by atoms with Crippen LogP contribution in [0.1, 0.15) is 19.4 Å². The Morgan fingerprint density at radius 3 is 2.83 bits per heavy atom. The number of carbonyl (C=O) groups excluding carboxylic acids is 1. The minimum absolute atomic E-state index is 0.127. The molecule has 1 aromatic rings.